The lowest BCUT2D eigenvalue weighted by atomic mass is 10.0. The molecule has 0 heterocycles. The number of hydrogen-bond acceptors (Lipinski definition) is 4. The number of primary amides is 1. The van der Waals surface area contributed by atoms with Gasteiger partial charge in [-0.25, -0.2) is 0 Å². The van der Waals surface area contributed by atoms with Gasteiger partial charge >= 0.3 is 5.97 Å². The molecule has 0 spiro atoms. The number of rotatable bonds is 7. The second kappa shape index (κ2) is 7.25. The van der Waals surface area contributed by atoms with E-state index in [0.717, 1.165) is 0 Å². The summed E-state index contributed by atoms with van der Waals surface area (Å²) in [5.41, 5.74) is 11.8. The zero-order chi connectivity index (χ0) is 15.1. The van der Waals surface area contributed by atoms with Crippen LogP contribution in [-0.4, -0.2) is 28.9 Å². The maximum atomic E-state index is 11.6. The molecular weight excluding hydrogens is 262 g/mol. The van der Waals surface area contributed by atoms with Crippen molar-refractivity contribution in [3.63, 3.8) is 0 Å². The Morgan fingerprint density at radius 1 is 1.20 bits per heavy atom. The van der Waals surface area contributed by atoms with Gasteiger partial charge in [0.1, 0.15) is 0 Å². The number of carboxylic acids is 1. The zero-order valence-electron chi connectivity index (χ0n) is 10.8. The van der Waals surface area contributed by atoms with Crippen LogP contribution < -0.4 is 16.8 Å². The third-order valence-corrected chi connectivity index (χ3v) is 2.67. The van der Waals surface area contributed by atoms with Crippen LogP contribution in [0.4, 0.5) is 0 Å². The smallest absolute Gasteiger partial charge is 0.307 e. The fraction of sp³-hybridized carbons (Fsp3) is 0.308. The lowest BCUT2D eigenvalue weighted by Gasteiger charge is -2.12. The molecular formula is C13H17N3O4. The van der Waals surface area contributed by atoms with Gasteiger partial charge in [-0.05, 0) is 11.1 Å². The lowest BCUT2D eigenvalue weighted by molar-refractivity contribution is -0.136. The van der Waals surface area contributed by atoms with E-state index in [1.807, 2.05) is 0 Å². The van der Waals surface area contributed by atoms with Gasteiger partial charge in [0.15, 0.2) is 0 Å². The van der Waals surface area contributed by atoms with Crippen molar-refractivity contribution < 1.29 is 19.5 Å². The van der Waals surface area contributed by atoms with Crippen LogP contribution >= 0.6 is 0 Å². The van der Waals surface area contributed by atoms with E-state index in [0.29, 0.717) is 11.1 Å². The van der Waals surface area contributed by atoms with E-state index in [9.17, 15) is 14.4 Å². The van der Waals surface area contributed by atoms with Gasteiger partial charge in [0.05, 0.1) is 18.9 Å². The highest BCUT2D eigenvalue weighted by Gasteiger charge is 2.16. The average molecular weight is 279 g/mol. The molecule has 2 amide bonds. The Bertz CT molecular complexity index is 516. The van der Waals surface area contributed by atoms with Crippen LogP contribution in [-0.2, 0) is 27.3 Å². The van der Waals surface area contributed by atoms with Gasteiger partial charge in [-0.1, -0.05) is 24.3 Å². The topological polar surface area (TPSA) is 136 Å². The predicted octanol–water partition coefficient (Wildman–Crippen LogP) is -0.867. The molecule has 1 unspecified atom stereocenters. The first-order valence-corrected chi connectivity index (χ1v) is 6.00. The minimum absolute atomic E-state index is 0.126. The third-order valence-electron chi connectivity index (χ3n) is 2.67. The van der Waals surface area contributed by atoms with E-state index in [1.54, 1.807) is 24.3 Å². The predicted molar refractivity (Wildman–Crippen MR) is 71.4 cm³/mol. The number of nitrogens with one attached hydrogen (secondary N) is 1. The van der Waals surface area contributed by atoms with Gasteiger partial charge in [0, 0.05) is 6.54 Å². The summed E-state index contributed by atoms with van der Waals surface area (Å²) in [6, 6.07) is 5.87. The largest absolute Gasteiger partial charge is 0.481 e. The molecule has 0 aromatic heterocycles. The van der Waals surface area contributed by atoms with Crippen LogP contribution in [0.5, 0.6) is 0 Å². The van der Waals surface area contributed by atoms with Crippen molar-refractivity contribution in [2.75, 3.05) is 0 Å². The van der Waals surface area contributed by atoms with Crippen LogP contribution in [0.2, 0.25) is 0 Å². The summed E-state index contributed by atoms with van der Waals surface area (Å²) in [7, 11) is 0. The third kappa shape index (κ3) is 5.07. The molecule has 20 heavy (non-hydrogen) atoms. The Balaban J connectivity index is 2.63. The molecule has 0 saturated heterocycles. The molecule has 108 valence electrons. The Labute approximate surface area is 115 Å². The minimum Gasteiger partial charge on any atom is -0.481 e. The van der Waals surface area contributed by atoms with Crippen molar-refractivity contribution >= 4 is 17.8 Å². The van der Waals surface area contributed by atoms with Crippen molar-refractivity contribution in [1.82, 2.24) is 5.32 Å². The first-order chi connectivity index (χ1) is 9.40. The lowest BCUT2D eigenvalue weighted by Crippen LogP contribution is -2.42. The van der Waals surface area contributed by atoms with Gasteiger partial charge in [-0.15, -0.1) is 0 Å². The molecule has 7 heteroatoms. The van der Waals surface area contributed by atoms with Gasteiger partial charge in [-0.3, -0.25) is 14.4 Å². The van der Waals surface area contributed by atoms with E-state index in [4.69, 9.17) is 16.6 Å². The molecule has 0 aliphatic rings. The highest BCUT2D eigenvalue weighted by Crippen LogP contribution is 2.09. The van der Waals surface area contributed by atoms with Crippen LogP contribution in [0.3, 0.4) is 0 Å². The molecule has 1 rings (SSSR count). The van der Waals surface area contributed by atoms with E-state index in [1.165, 1.54) is 0 Å². The van der Waals surface area contributed by atoms with E-state index in [2.05, 4.69) is 5.32 Å². The molecule has 0 bridgehead atoms. The van der Waals surface area contributed by atoms with Crippen molar-refractivity contribution in [3.8, 4) is 0 Å². The zero-order valence-corrected chi connectivity index (χ0v) is 10.8. The van der Waals surface area contributed by atoms with Crippen molar-refractivity contribution in [2.45, 2.75) is 25.4 Å². The van der Waals surface area contributed by atoms with Crippen molar-refractivity contribution in [2.24, 2.45) is 11.5 Å². The van der Waals surface area contributed by atoms with Gasteiger partial charge < -0.3 is 21.9 Å². The molecule has 0 aliphatic heterocycles. The second-order valence-electron chi connectivity index (χ2n) is 4.33. The highest BCUT2D eigenvalue weighted by molar-refractivity contribution is 5.87. The summed E-state index contributed by atoms with van der Waals surface area (Å²) in [5.74, 6) is -2.11. The standard InChI is InChI=1S/C13H17N3O4/c14-10(6-11(15)17)13(20)16-7-9-4-2-1-3-8(9)5-12(18)19/h1-4,10H,5-7,14H2,(H2,15,17)(H,16,20)(H,18,19). The molecule has 0 aliphatic carbocycles. The van der Waals surface area contributed by atoms with Gasteiger partial charge in [0.25, 0.3) is 0 Å². The molecule has 1 aromatic rings. The monoisotopic (exact) mass is 279 g/mol. The number of hydrogen-bond donors (Lipinski definition) is 4. The number of carboxylic acid groups (broad SMARTS) is 1. The normalized spacial score (nSPS) is 11.7. The van der Waals surface area contributed by atoms with E-state index < -0.39 is 23.8 Å². The quantitative estimate of drug-likeness (QED) is 0.514. The van der Waals surface area contributed by atoms with E-state index in [-0.39, 0.29) is 19.4 Å². The average Bonchev–Trinajstić information content (AvgIpc) is 2.35. The Hall–Kier alpha value is -2.41. The molecule has 1 atom stereocenters. The second-order valence-corrected chi connectivity index (χ2v) is 4.33. The molecule has 6 N–H and O–H groups in total. The maximum absolute atomic E-state index is 11.6. The number of nitrogens with two attached hydrogens (primary N) is 2. The molecule has 1 aromatic carbocycles. The SMILES string of the molecule is NC(=O)CC(N)C(=O)NCc1ccccc1CC(=O)O. The van der Waals surface area contributed by atoms with Gasteiger partial charge in [0.2, 0.25) is 11.8 Å². The highest BCUT2D eigenvalue weighted by atomic mass is 16.4. The number of amides is 2. The molecule has 7 nitrogen and oxygen atoms in total. The maximum Gasteiger partial charge on any atom is 0.307 e. The van der Waals surface area contributed by atoms with Crippen LogP contribution in [0.1, 0.15) is 17.5 Å². The summed E-state index contributed by atoms with van der Waals surface area (Å²) in [5, 5.41) is 11.4. The number of benzene rings is 1. The summed E-state index contributed by atoms with van der Waals surface area (Å²) in [4.78, 5) is 33.0. The summed E-state index contributed by atoms with van der Waals surface area (Å²) < 4.78 is 0. The fourth-order valence-corrected chi connectivity index (χ4v) is 1.69. The fourth-order valence-electron chi connectivity index (χ4n) is 1.69. The van der Waals surface area contributed by atoms with E-state index >= 15 is 0 Å². The summed E-state index contributed by atoms with van der Waals surface area (Å²) in [6.07, 6.45) is -0.359. The van der Waals surface area contributed by atoms with Crippen LogP contribution in [0, 0.1) is 0 Å². The minimum atomic E-state index is -1.00. The van der Waals surface area contributed by atoms with Gasteiger partial charge in [-0.2, -0.15) is 0 Å². The summed E-state index contributed by atoms with van der Waals surface area (Å²) in [6.45, 7) is 0.148. The van der Waals surface area contributed by atoms with Crippen molar-refractivity contribution in [1.29, 1.82) is 0 Å². The Morgan fingerprint density at radius 2 is 1.80 bits per heavy atom. The molecule has 0 radical (unpaired) electrons. The number of carbonyl (C=O) groups is 3. The summed E-state index contributed by atoms with van der Waals surface area (Å²) >= 11 is 0. The molecule has 0 fully saturated rings. The molecule has 0 saturated carbocycles. The first kappa shape index (κ1) is 15.6. The number of carbonyl (C=O) groups excluding carboxylic acids is 2. The first-order valence-electron chi connectivity index (χ1n) is 6.00. The van der Waals surface area contributed by atoms with Crippen LogP contribution in [0.25, 0.3) is 0 Å². The number of aliphatic carboxylic acids is 1. The Kier molecular flexibility index (Phi) is 5.67. The van der Waals surface area contributed by atoms with Crippen LogP contribution in [0.15, 0.2) is 24.3 Å². The van der Waals surface area contributed by atoms with Crippen molar-refractivity contribution in [3.05, 3.63) is 35.4 Å². The Morgan fingerprint density at radius 3 is 2.35 bits per heavy atom.